The zero-order chi connectivity index (χ0) is 16.0. The highest BCUT2D eigenvalue weighted by molar-refractivity contribution is 7.87. The second-order valence-corrected chi connectivity index (χ2v) is 6.46. The van der Waals surface area contributed by atoms with Crippen LogP contribution in [0, 0.1) is 0 Å². The molecule has 1 atom stereocenters. The van der Waals surface area contributed by atoms with Gasteiger partial charge in [-0.15, -0.1) is 3.89 Å². The van der Waals surface area contributed by atoms with Crippen LogP contribution in [0.4, 0.5) is 22.7 Å². The van der Waals surface area contributed by atoms with E-state index in [4.69, 9.17) is 11.6 Å². The lowest BCUT2D eigenvalue weighted by Gasteiger charge is -2.22. The molecule has 1 unspecified atom stereocenters. The summed E-state index contributed by atoms with van der Waals surface area (Å²) >= 11 is 5.52. The number of alkyl halides is 3. The van der Waals surface area contributed by atoms with Gasteiger partial charge in [-0.05, 0) is 12.1 Å². The number of anilines is 1. The number of carbonyl (C=O) groups is 1. The van der Waals surface area contributed by atoms with Gasteiger partial charge in [0.15, 0.2) is 0 Å². The Balaban J connectivity index is 2.49. The lowest BCUT2D eigenvalue weighted by Crippen LogP contribution is -2.29. The SMILES string of the molecule is O=C1CC(S(=O)(=O)F)CN1c1cccc(Cl)c1C(F)(F)F. The second kappa shape index (κ2) is 5.13. The highest BCUT2D eigenvalue weighted by Gasteiger charge is 2.43. The van der Waals surface area contributed by atoms with Crippen molar-refractivity contribution in [3.05, 3.63) is 28.8 Å². The minimum atomic E-state index is -5.01. The summed E-state index contributed by atoms with van der Waals surface area (Å²) in [6, 6.07) is 3.18. The molecule has 1 aliphatic rings. The van der Waals surface area contributed by atoms with E-state index in [9.17, 15) is 30.3 Å². The molecule has 4 nitrogen and oxygen atoms in total. The van der Waals surface area contributed by atoms with Gasteiger partial charge in [0, 0.05) is 13.0 Å². The molecule has 0 aliphatic carbocycles. The first-order valence-electron chi connectivity index (χ1n) is 5.61. The molecule has 1 fully saturated rings. The number of amides is 1. The molecular formula is C11H8ClF4NO3S. The van der Waals surface area contributed by atoms with Gasteiger partial charge in [0.2, 0.25) is 5.91 Å². The standard InChI is InChI=1S/C11H8ClF4NO3S/c12-7-2-1-3-8(10(7)11(13,14)15)17-5-6(4-9(17)18)21(16,19)20/h1-3,6H,4-5H2. The normalized spacial score (nSPS) is 20.1. The van der Waals surface area contributed by atoms with Crippen LogP contribution in [0.25, 0.3) is 0 Å². The lowest BCUT2D eigenvalue weighted by molar-refractivity contribution is -0.137. The van der Waals surface area contributed by atoms with E-state index in [-0.39, 0.29) is 0 Å². The molecule has 1 saturated heterocycles. The summed E-state index contributed by atoms with van der Waals surface area (Å²) in [6.07, 6.45) is -5.54. The topological polar surface area (TPSA) is 54.5 Å². The molecule has 1 amide bonds. The third-order valence-corrected chi connectivity index (χ3v) is 4.48. The smallest absolute Gasteiger partial charge is 0.310 e. The van der Waals surface area contributed by atoms with Crippen molar-refractivity contribution in [2.75, 3.05) is 11.4 Å². The van der Waals surface area contributed by atoms with E-state index in [0.29, 0.717) is 4.90 Å². The summed E-state index contributed by atoms with van der Waals surface area (Å²) in [4.78, 5) is 12.3. The Morgan fingerprint density at radius 2 is 1.90 bits per heavy atom. The van der Waals surface area contributed by atoms with Crippen LogP contribution in [0.2, 0.25) is 5.02 Å². The van der Waals surface area contributed by atoms with E-state index in [1.807, 2.05) is 0 Å². The van der Waals surface area contributed by atoms with Gasteiger partial charge in [-0.25, -0.2) is 0 Å². The van der Waals surface area contributed by atoms with Crippen LogP contribution in [0.1, 0.15) is 12.0 Å². The number of hydrogen-bond acceptors (Lipinski definition) is 3. The van der Waals surface area contributed by atoms with E-state index in [2.05, 4.69) is 0 Å². The molecular weight excluding hydrogens is 338 g/mol. The fraction of sp³-hybridized carbons (Fsp3) is 0.364. The summed E-state index contributed by atoms with van der Waals surface area (Å²) in [5.74, 6) is -0.908. The van der Waals surface area contributed by atoms with Gasteiger partial charge in [-0.1, -0.05) is 17.7 Å². The molecule has 0 spiro atoms. The van der Waals surface area contributed by atoms with Crippen LogP contribution in [-0.2, 0) is 21.2 Å². The second-order valence-electron chi connectivity index (χ2n) is 4.44. The van der Waals surface area contributed by atoms with E-state index in [1.165, 1.54) is 6.07 Å². The average molecular weight is 346 g/mol. The van der Waals surface area contributed by atoms with Gasteiger partial charge in [0.1, 0.15) is 5.25 Å². The maximum Gasteiger partial charge on any atom is 0.419 e. The largest absolute Gasteiger partial charge is 0.419 e. The lowest BCUT2D eigenvalue weighted by atomic mass is 10.1. The molecule has 0 aromatic heterocycles. The summed E-state index contributed by atoms with van der Waals surface area (Å²) in [5, 5.41) is -2.30. The van der Waals surface area contributed by atoms with E-state index < -0.39 is 56.8 Å². The Kier molecular flexibility index (Phi) is 3.92. The number of rotatable bonds is 2. The van der Waals surface area contributed by atoms with Crippen molar-refractivity contribution in [1.82, 2.24) is 0 Å². The molecule has 1 aliphatic heterocycles. The minimum absolute atomic E-state index is 0.578. The van der Waals surface area contributed by atoms with Crippen molar-refractivity contribution in [2.45, 2.75) is 17.8 Å². The van der Waals surface area contributed by atoms with Crippen LogP contribution in [0.15, 0.2) is 18.2 Å². The highest BCUT2D eigenvalue weighted by atomic mass is 35.5. The molecule has 116 valence electrons. The monoisotopic (exact) mass is 345 g/mol. The number of carbonyl (C=O) groups excluding carboxylic acids is 1. The fourth-order valence-electron chi connectivity index (χ4n) is 2.11. The molecule has 21 heavy (non-hydrogen) atoms. The third-order valence-electron chi connectivity index (χ3n) is 3.05. The van der Waals surface area contributed by atoms with Gasteiger partial charge in [0.25, 0.3) is 0 Å². The summed E-state index contributed by atoms with van der Waals surface area (Å²) in [5.41, 5.74) is -1.83. The van der Waals surface area contributed by atoms with Gasteiger partial charge in [0.05, 0.1) is 16.3 Å². The zero-order valence-corrected chi connectivity index (χ0v) is 11.8. The van der Waals surface area contributed by atoms with Crippen LogP contribution in [-0.4, -0.2) is 26.1 Å². The quantitative estimate of drug-likeness (QED) is 0.612. The third kappa shape index (κ3) is 3.13. The summed E-state index contributed by atoms with van der Waals surface area (Å²) < 4.78 is 73.6. The predicted octanol–water partition coefficient (Wildman–Crippen LogP) is 2.76. The summed E-state index contributed by atoms with van der Waals surface area (Å²) in [7, 11) is -5.01. The van der Waals surface area contributed by atoms with Gasteiger partial charge in [-0.2, -0.15) is 21.6 Å². The van der Waals surface area contributed by atoms with Crippen LogP contribution in [0.5, 0.6) is 0 Å². The predicted molar refractivity (Wildman–Crippen MR) is 67.2 cm³/mol. The minimum Gasteiger partial charge on any atom is -0.310 e. The van der Waals surface area contributed by atoms with Gasteiger partial charge in [-0.3, -0.25) is 4.79 Å². The Hall–Kier alpha value is -1.35. The average Bonchev–Trinajstić information content (AvgIpc) is 2.69. The molecule has 10 heteroatoms. The Morgan fingerprint density at radius 1 is 1.29 bits per heavy atom. The first-order chi connectivity index (χ1) is 9.51. The van der Waals surface area contributed by atoms with Gasteiger partial charge >= 0.3 is 16.4 Å². The fourth-order valence-corrected chi connectivity index (χ4v) is 3.06. The maximum absolute atomic E-state index is 13.0. The molecule has 0 bridgehead atoms. The number of benzene rings is 1. The summed E-state index contributed by atoms with van der Waals surface area (Å²) in [6.45, 7) is -0.679. The van der Waals surface area contributed by atoms with Crippen molar-refractivity contribution >= 4 is 33.4 Å². The highest BCUT2D eigenvalue weighted by Crippen LogP contribution is 2.42. The van der Waals surface area contributed by atoms with Crippen LogP contribution >= 0.6 is 11.6 Å². The number of nitrogens with zero attached hydrogens (tertiary/aromatic N) is 1. The first-order valence-corrected chi connectivity index (χ1v) is 7.44. The van der Waals surface area contributed by atoms with E-state index in [1.54, 1.807) is 0 Å². The van der Waals surface area contributed by atoms with Gasteiger partial charge < -0.3 is 4.90 Å². The molecule has 0 saturated carbocycles. The van der Waals surface area contributed by atoms with E-state index >= 15 is 0 Å². The number of hydrogen-bond donors (Lipinski definition) is 0. The van der Waals surface area contributed by atoms with Crippen molar-refractivity contribution in [1.29, 1.82) is 0 Å². The zero-order valence-electron chi connectivity index (χ0n) is 10.2. The Labute approximate surface area is 122 Å². The molecule has 1 heterocycles. The maximum atomic E-state index is 13.0. The van der Waals surface area contributed by atoms with E-state index in [0.717, 1.165) is 12.1 Å². The molecule has 2 rings (SSSR count). The van der Waals surface area contributed by atoms with Crippen LogP contribution < -0.4 is 4.90 Å². The number of halogens is 5. The molecule has 0 N–H and O–H groups in total. The van der Waals surface area contributed by atoms with Crippen molar-refractivity contribution < 1.29 is 30.3 Å². The Morgan fingerprint density at radius 3 is 2.38 bits per heavy atom. The van der Waals surface area contributed by atoms with Crippen molar-refractivity contribution in [2.24, 2.45) is 0 Å². The molecule has 1 aromatic carbocycles. The molecule has 0 radical (unpaired) electrons. The first kappa shape index (κ1) is 16.0. The van der Waals surface area contributed by atoms with Crippen molar-refractivity contribution in [3.8, 4) is 0 Å². The molecule has 1 aromatic rings. The Bertz CT molecular complexity index is 689. The van der Waals surface area contributed by atoms with Crippen LogP contribution in [0.3, 0.4) is 0 Å². The van der Waals surface area contributed by atoms with Crippen molar-refractivity contribution in [3.63, 3.8) is 0 Å².